The van der Waals surface area contributed by atoms with E-state index in [9.17, 15) is 4.79 Å². The van der Waals surface area contributed by atoms with E-state index in [1.165, 1.54) is 24.0 Å². The van der Waals surface area contributed by atoms with Crippen LogP contribution in [0.25, 0.3) is 0 Å². The maximum atomic E-state index is 12.3. The molecular formula is C17H24BrNO. The molecule has 1 unspecified atom stereocenters. The first-order valence-corrected chi connectivity index (χ1v) is 8.77. The lowest BCUT2D eigenvalue weighted by Gasteiger charge is -2.17. The van der Waals surface area contributed by atoms with Crippen LogP contribution in [0.3, 0.4) is 0 Å². The summed E-state index contributed by atoms with van der Waals surface area (Å²) in [5.74, 6) is 0.975. The highest BCUT2D eigenvalue weighted by Crippen LogP contribution is 2.26. The van der Waals surface area contributed by atoms with Crippen molar-refractivity contribution in [1.29, 1.82) is 0 Å². The van der Waals surface area contributed by atoms with Crippen LogP contribution in [-0.4, -0.2) is 17.8 Å². The highest BCUT2D eigenvalue weighted by molar-refractivity contribution is 9.09. The average Bonchev–Trinajstić information content (AvgIpc) is 2.89. The maximum Gasteiger partial charge on any atom is 0.223 e. The van der Waals surface area contributed by atoms with Gasteiger partial charge in [-0.05, 0) is 42.7 Å². The van der Waals surface area contributed by atoms with Crippen LogP contribution in [0.4, 0.5) is 0 Å². The van der Waals surface area contributed by atoms with Crippen LogP contribution in [0.15, 0.2) is 24.3 Å². The Labute approximate surface area is 130 Å². The Morgan fingerprint density at radius 1 is 1.30 bits per heavy atom. The Balaban J connectivity index is 1.81. The highest BCUT2D eigenvalue weighted by atomic mass is 79.9. The van der Waals surface area contributed by atoms with E-state index in [0.29, 0.717) is 5.92 Å². The molecule has 1 aromatic carbocycles. The van der Waals surface area contributed by atoms with Gasteiger partial charge in [0.2, 0.25) is 5.91 Å². The molecule has 1 amide bonds. The summed E-state index contributed by atoms with van der Waals surface area (Å²) in [6.07, 6.45) is 5.32. The fourth-order valence-corrected chi connectivity index (χ4v) is 3.69. The smallest absolute Gasteiger partial charge is 0.223 e. The SMILES string of the molecule is CCCC(CCBr)CNC(=O)C1Cc2ccccc2C1. The summed E-state index contributed by atoms with van der Waals surface area (Å²) in [6, 6.07) is 8.42. The standard InChI is InChI=1S/C17H24BrNO/c1-2-5-13(8-9-18)12-19-17(20)16-10-14-6-3-4-7-15(14)11-16/h3-4,6-7,13,16H,2,5,8-12H2,1H3,(H,19,20). The molecule has 0 heterocycles. The molecule has 3 heteroatoms. The Hall–Kier alpha value is -0.830. The lowest BCUT2D eigenvalue weighted by molar-refractivity contribution is -0.124. The van der Waals surface area contributed by atoms with Crippen molar-refractivity contribution < 1.29 is 4.79 Å². The molecule has 20 heavy (non-hydrogen) atoms. The van der Waals surface area contributed by atoms with Crippen molar-refractivity contribution in [3.63, 3.8) is 0 Å². The molecule has 110 valence electrons. The van der Waals surface area contributed by atoms with Crippen molar-refractivity contribution in [3.8, 4) is 0 Å². The van der Waals surface area contributed by atoms with Crippen molar-refractivity contribution in [2.75, 3.05) is 11.9 Å². The first-order valence-electron chi connectivity index (χ1n) is 7.65. The van der Waals surface area contributed by atoms with E-state index >= 15 is 0 Å². The minimum Gasteiger partial charge on any atom is -0.356 e. The fourth-order valence-electron chi connectivity index (χ4n) is 3.04. The third-order valence-electron chi connectivity index (χ3n) is 4.20. The number of benzene rings is 1. The van der Waals surface area contributed by atoms with Crippen molar-refractivity contribution in [2.24, 2.45) is 11.8 Å². The normalized spacial score (nSPS) is 15.9. The van der Waals surface area contributed by atoms with E-state index in [4.69, 9.17) is 0 Å². The quantitative estimate of drug-likeness (QED) is 0.755. The minimum atomic E-state index is 0.138. The van der Waals surface area contributed by atoms with Gasteiger partial charge in [0, 0.05) is 17.8 Å². The van der Waals surface area contributed by atoms with Crippen LogP contribution in [0.1, 0.15) is 37.3 Å². The Morgan fingerprint density at radius 2 is 1.95 bits per heavy atom. The molecule has 0 aliphatic heterocycles. The van der Waals surface area contributed by atoms with Gasteiger partial charge in [0.1, 0.15) is 0 Å². The molecule has 0 bridgehead atoms. The molecule has 0 radical (unpaired) electrons. The second-order valence-corrected chi connectivity index (χ2v) is 6.54. The first-order chi connectivity index (χ1) is 9.74. The second-order valence-electron chi connectivity index (χ2n) is 5.75. The number of hydrogen-bond acceptors (Lipinski definition) is 1. The zero-order chi connectivity index (χ0) is 14.4. The molecule has 1 aromatic rings. The molecule has 0 saturated heterocycles. The average molecular weight is 338 g/mol. The highest BCUT2D eigenvalue weighted by Gasteiger charge is 2.27. The van der Waals surface area contributed by atoms with E-state index in [1.807, 2.05) is 0 Å². The maximum absolute atomic E-state index is 12.3. The molecule has 1 aliphatic carbocycles. The molecule has 1 N–H and O–H groups in total. The molecule has 0 fully saturated rings. The summed E-state index contributed by atoms with van der Waals surface area (Å²) in [4.78, 5) is 12.3. The van der Waals surface area contributed by atoms with Gasteiger partial charge in [0.15, 0.2) is 0 Å². The number of rotatable bonds is 7. The number of carbonyl (C=O) groups excluding carboxylic acids is 1. The van der Waals surface area contributed by atoms with Crippen LogP contribution < -0.4 is 5.32 Å². The van der Waals surface area contributed by atoms with Crippen LogP contribution in [0.5, 0.6) is 0 Å². The molecule has 0 saturated carbocycles. The first kappa shape index (κ1) is 15.6. The second kappa shape index (κ2) is 7.82. The van der Waals surface area contributed by atoms with E-state index in [0.717, 1.165) is 31.1 Å². The number of hydrogen-bond donors (Lipinski definition) is 1. The van der Waals surface area contributed by atoms with Gasteiger partial charge in [-0.15, -0.1) is 0 Å². The fraction of sp³-hybridized carbons (Fsp3) is 0.588. The van der Waals surface area contributed by atoms with Crippen LogP contribution in [0, 0.1) is 11.8 Å². The predicted molar refractivity (Wildman–Crippen MR) is 87.2 cm³/mol. The van der Waals surface area contributed by atoms with Gasteiger partial charge in [-0.3, -0.25) is 4.79 Å². The van der Waals surface area contributed by atoms with Gasteiger partial charge >= 0.3 is 0 Å². The van der Waals surface area contributed by atoms with Crippen molar-refractivity contribution in [3.05, 3.63) is 35.4 Å². The zero-order valence-corrected chi connectivity index (χ0v) is 13.8. The number of halogens is 1. The van der Waals surface area contributed by atoms with Gasteiger partial charge in [0.25, 0.3) is 0 Å². The van der Waals surface area contributed by atoms with E-state index in [2.05, 4.69) is 52.4 Å². The molecule has 2 nitrogen and oxygen atoms in total. The number of nitrogens with one attached hydrogen (secondary N) is 1. The zero-order valence-electron chi connectivity index (χ0n) is 12.2. The monoisotopic (exact) mass is 337 g/mol. The largest absolute Gasteiger partial charge is 0.356 e. The molecule has 0 spiro atoms. The van der Waals surface area contributed by atoms with E-state index in [-0.39, 0.29) is 11.8 Å². The number of carbonyl (C=O) groups is 1. The minimum absolute atomic E-state index is 0.138. The third-order valence-corrected chi connectivity index (χ3v) is 4.66. The molecule has 1 aliphatic rings. The van der Waals surface area contributed by atoms with Gasteiger partial charge in [-0.2, -0.15) is 0 Å². The summed E-state index contributed by atoms with van der Waals surface area (Å²) in [5, 5.41) is 4.19. The lowest BCUT2D eigenvalue weighted by Crippen LogP contribution is -2.35. The van der Waals surface area contributed by atoms with E-state index < -0.39 is 0 Å². The number of fused-ring (bicyclic) bond motifs is 1. The summed E-state index contributed by atoms with van der Waals surface area (Å²) >= 11 is 3.50. The van der Waals surface area contributed by atoms with Crippen molar-refractivity contribution in [1.82, 2.24) is 5.32 Å². The van der Waals surface area contributed by atoms with Gasteiger partial charge in [-0.25, -0.2) is 0 Å². The summed E-state index contributed by atoms with van der Waals surface area (Å²) in [5.41, 5.74) is 2.69. The Kier molecular flexibility index (Phi) is 6.08. The Morgan fingerprint density at radius 3 is 2.50 bits per heavy atom. The van der Waals surface area contributed by atoms with Crippen molar-refractivity contribution in [2.45, 2.75) is 39.0 Å². The lowest BCUT2D eigenvalue weighted by atomic mass is 10.00. The van der Waals surface area contributed by atoms with Crippen LogP contribution >= 0.6 is 15.9 Å². The Bertz CT molecular complexity index is 415. The number of amides is 1. The third kappa shape index (κ3) is 4.08. The van der Waals surface area contributed by atoms with E-state index in [1.54, 1.807) is 0 Å². The molecule has 0 aromatic heterocycles. The summed E-state index contributed by atoms with van der Waals surface area (Å²) in [6.45, 7) is 3.03. The topological polar surface area (TPSA) is 29.1 Å². The van der Waals surface area contributed by atoms with Gasteiger partial charge in [0.05, 0.1) is 0 Å². The predicted octanol–water partition coefficient (Wildman–Crippen LogP) is 3.72. The molecule has 1 atom stereocenters. The van der Waals surface area contributed by atoms with Gasteiger partial charge in [-0.1, -0.05) is 53.5 Å². The van der Waals surface area contributed by atoms with Crippen LogP contribution in [0.2, 0.25) is 0 Å². The number of alkyl halides is 1. The molecular weight excluding hydrogens is 314 g/mol. The van der Waals surface area contributed by atoms with Gasteiger partial charge < -0.3 is 5.32 Å². The summed E-state index contributed by atoms with van der Waals surface area (Å²) in [7, 11) is 0. The van der Waals surface area contributed by atoms with Crippen LogP contribution in [-0.2, 0) is 17.6 Å². The summed E-state index contributed by atoms with van der Waals surface area (Å²) < 4.78 is 0. The molecule has 2 rings (SSSR count). The van der Waals surface area contributed by atoms with Crippen molar-refractivity contribution >= 4 is 21.8 Å².